The first-order chi connectivity index (χ1) is 13.2. The summed E-state index contributed by atoms with van der Waals surface area (Å²) < 4.78 is 0. The Balaban J connectivity index is 1.63. The second kappa shape index (κ2) is 8.93. The van der Waals surface area contributed by atoms with Gasteiger partial charge in [0.05, 0.1) is 0 Å². The molecule has 0 aromatic rings. The normalized spacial score (nSPS) is 36.9. The van der Waals surface area contributed by atoms with Crippen LogP contribution in [0.1, 0.15) is 112 Å². The highest BCUT2D eigenvalue weighted by molar-refractivity contribution is 5.36. The predicted molar refractivity (Wildman–Crippen MR) is 124 cm³/mol. The lowest BCUT2D eigenvalue weighted by molar-refractivity contribution is 0.126. The van der Waals surface area contributed by atoms with Crippen LogP contribution in [0.2, 0.25) is 0 Å². The van der Waals surface area contributed by atoms with E-state index in [4.69, 9.17) is 0 Å². The number of fused-ring (bicyclic) bond motifs is 1. The van der Waals surface area contributed by atoms with Crippen LogP contribution in [-0.4, -0.2) is 0 Å². The summed E-state index contributed by atoms with van der Waals surface area (Å²) >= 11 is 0. The van der Waals surface area contributed by atoms with Crippen molar-refractivity contribution >= 4 is 0 Å². The molecule has 4 atom stereocenters. The molecule has 0 heteroatoms. The van der Waals surface area contributed by atoms with Gasteiger partial charge in [-0.3, -0.25) is 0 Å². The molecule has 3 fully saturated rings. The average molecular weight is 383 g/mol. The molecule has 4 unspecified atom stereocenters. The van der Waals surface area contributed by atoms with Crippen molar-refractivity contribution in [2.24, 2.45) is 28.6 Å². The molecule has 0 bridgehead atoms. The van der Waals surface area contributed by atoms with Crippen molar-refractivity contribution in [1.29, 1.82) is 0 Å². The summed E-state index contributed by atoms with van der Waals surface area (Å²) in [7, 11) is 0. The van der Waals surface area contributed by atoms with E-state index in [0.717, 1.165) is 11.8 Å². The van der Waals surface area contributed by atoms with Crippen molar-refractivity contribution in [3.05, 3.63) is 35.5 Å². The van der Waals surface area contributed by atoms with Crippen LogP contribution in [0.25, 0.3) is 0 Å². The minimum absolute atomic E-state index is 0.497. The Morgan fingerprint density at radius 2 is 1.82 bits per heavy atom. The molecule has 0 heterocycles. The largest absolute Gasteiger partial charge is 0.0953 e. The highest BCUT2D eigenvalue weighted by Gasteiger charge is 2.48. The second-order valence-corrected chi connectivity index (χ2v) is 11.7. The highest BCUT2D eigenvalue weighted by Crippen LogP contribution is 2.58. The zero-order chi connectivity index (χ0) is 20.4. The van der Waals surface area contributed by atoms with E-state index < -0.39 is 0 Å². The van der Waals surface area contributed by atoms with Crippen LogP contribution in [-0.2, 0) is 0 Å². The van der Waals surface area contributed by atoms with Gasteiger partial charge in [-0.05, 0) is 104 Å². The molecule has 0 radical (unpaired) electrons. The minimum atomic E-state index is 0.497. The smallest absolute Gasteiger partial charge is 0.0143 e. The Labute approximate surface area is 176 Å². The predicted octanol–water partition coefficient (Wildman–Crippen LogP) is 9.04. The van der Waals surface area contributed by atoms with Crippen LogP contribution in [0.3, 0.4) is 0 Å². The lowest BCUT2D eigenvalue weighted by Crippen LogP contribution is -2.33. The summed E-state index contributed by atoms with van der Waals surface area (Å²) in [6, 6.07) is 0. The van der Waals surface area contributed by atoms with E-state index in [1.807, 2.05) is 0 Å². The number of allylic oxidation sites excluding steroid dienone is 5. The summed E-state index contributed by atoms with van der Waals surface area (Å²) in [5, 5.41) is 0. The first kappa shape index (κ1) is 21.9. The topological polar surface area (TPSA) is 0 Å². The van der Waals surface area contributed by atoms with E-state index in [1.54, 1.807) is 5.57 Å². The first-order valence-corrected chi connectivity index (χ1v) is 12.3. The Bertz CT molecular complexity index is 610. The van der Waals surface area contributed by atoms with Crippen LogP contribution in [0.4, 0.5) is 0 Å². The fourth-order valence-corrected chi connectivity index (χ4v) is 6.51. The molecule has 28 heavy (non-hydrogen) atoms. The molecule has 0 aromatic heterocycles. The van der Waals surface area contributed by atoms with Gasteiger partial charge in [0.15, 0.2) is 0 Å². The van der Waals surface area contributed by atoms with E-state index in [0.29, 0.717) is 16.7 Å². The SMILES string of the molecule is C=C1/C(=C\C=C2/CCCC3(C)C(CCCCC(C)(C)C)CCC23)CCCC1C. The second-order valence-electron chi connectivity index (χ2n) is 11.7. The molecule has 0 N–H and O–H groups in total. The Kier molecular flexibility index (Phi) is 6.99. The summed E-state index contributed by atoms with van der Waals surface area (Å²) in [5.74, 6) is 2.48. The molecule has 0 spiro atoms. The molecule has 0 nitrogen and oxygen atoms in total. The summed E-state index contributed by atoms with van der Waals surface area (Å²) in [4.78, 5) is 0. The van der Waals surface area contributed by atoms with Crippen molar-refractivity contribution in [2.45, 2.75) is 112 Å². The van der Waals surface area contributed by atoms with Crippen molar-refractivity contribution in [3.63, 3.8) is 0 Å². The molecule has 0 aromatic carbocycles. The highest BCUT2D eigenvalue weighted by atomic mass is 14.5. The lowest BCUT2D eigenvalue weighted by Gasteiger charge is -2.42. The molecule has 3 rings (SSSR count). The third kappa shape index (κ3) is 5.03. The quantitative estimate of drug-likeness (QED) is 0.416. The van der Waals surface area contributed by atoms with Gasteiger partial charge in [0, 0.05) is 0 Å². The molecule has 0 saturated heterocycles. The number of unbranched alkanes of at least 4 members (excludes halogenated alkanes) is 1. The zero-order valence-electron chi connectivity index (χ0n) is 19.6. The summed E-state index contributed by atoms with van der Waals surface area (Å²) in [5.41, 5.74) is 5.78. The maximum Gasteiger partial charge on any atom is -0.0143 e. The van der Waals surface area contributed by atoms with Gasteiger partial charge in [0.25, 0.3) is 0 Å². The fourth-order valence-electron chi connectivity index (χ4n) is 6.51. The Morgan fingerprint density at radius 3 is 2.57 bits per heavy atom. The van der Waals surface area contributed by atoms with Crippen LogP contribution in [0, 0.1) is 28.6 Å². The Morgan fingerprint density at radius 1 is 1.04 bits per heavy atom. The van der Waals surface area contributed by atoms with E-state index in [9.17, 15) is 0 Å². The van der Waals surface area contributed by atoms with Gasteiger partial charge >= 0.3 is 0 Å². The van der Waals surface area contributed by atoms with Crippen LogP contribution in [0.15, 0.2) is 35.5 Å². The fraction of sp³-hybridized carbons (Fsp3) is 0.786. The summed E-state index contributed by atoms with van der Waals surface area (Å²) in [6.45, 7) is 16.5. The van der Waals surface area contributed by atoms with Crippen molar-refractivity contribution < 1.29 is 0 Å². The molecule has 3 aliphatic rings. The van der Waals surface area contributed by atoms with Crippen LogP contribution >= 0.6 is 0 Å². The standard InChI is InChI=1S/C28H46/c1-21-11-9-12-23(22(21)2)15-16-24-13-10-20-28(6)25(17-18-26(24)28)14-7-8-19-27(3,4)5/h15-16,21,25-26H,2,7-14,17-20H2,1,3-6H3/b23-15-,24-16+. The number of hydrogen-bond acceptors (Lipinski definition) is 0. The van der Waals surface area contributed by atoms with Gasteiger partial charge in [-0.1, -0.05) is 71.8 Å². The molecular formula is C28H46. The molecule has 3 saturated carbocycles. The molecule has 0 amide bonds. The van der Waals surface area contributed by atoms with E-state index in [-0.39, 0.29) is 0 Å². The van der Waals surface area contributed by atoms with Crippen molar-refractivity contribution in [3.8, 4) is 0 Å². The molecule has 3 aliphatic carbocycles. The number of hydrogen-bond donors (Lipinski definition) is 0. The monoisotopic (exact) mass is 382 g/mol. The molecule has 0 aliphatic heterocycles. The molecule has 158 valence electrons. The maximum atomic E-state index is 4.39. The first-order valence-electron chi connectivity index (χ1n) is 12.3. The van der Waals surface area contributed by atoms with E-state index >= 15 is 0 Å². The lowest BCUT2D eigenvalue weighted by atomic mass is 9.62. The minimum Gasteiger partial charge on any atom is -0.0953 e. The van der Waals surface area contributed by atoms with Gasteiger partial charge in [0.2, 0.25) is 0 Å². The van der Waals surface area contributed by atoms with Crippen LogP contribution in [0.5, 0.6) is 0 Å². The van der Waals surface area contributed by atoms with Gasteiger partial charge in [-0.25, -0.2) is 0 Å². The maximum absolute atomic E-state index is 4.39. The third-order valence-electron chi connectivity index (χ3n) is 8.48. The average Bonchev–Trinajstić information content (AvgIpc) is 2.96. The van der Waals surface area contributed by atoms with Gasteiger partial charge in [-0.2, -0.15) is 0 Å². The summed E-state index contributed by atoms with van der Waals surface area (Å²) in [6.07, 6.45) is 21.7. The third-order valence-corrected chi connectivity index (χ3v) is 8.48. The number of rotatable bonds is 5. The zero-order valence-corrected chi connectivity index (χ0v) is 19.6. The van der Waals surface area contributed by atoms with Crippen LogP contribution < -0.4 is 0 Å². The molecular weight excluding hydrogens is 336 g/mol. The Hall–Kier alpha value is -0.780. The van der Waals surface area contributed by atoms with E-state index in [2.05, 4.69) is 53.3 Å². The van der Waals surface area contributed by atoms with Gasteiger partial charge in [0.1, 0.15) is 0 Å². The van der Waals surface area contributed by atoms with Gasteiger partial charge < -0.3 is 0 Å². The van der Waals surface area contributed by atoms with E-state index in [1.165, 1.54) is 88.2 Å². The van der Waals surface area contributed by atoms with Crippen molar-refractivity contribution in [2.75, 3.05) is 0 Å². The van der Waals surface area contributed by atoms with Gasteiger partial charge in [-0.15, -0.1) is 0 Å². The van der Waals surface area contributed by atoms with Crippen molar-refractivity contribution in [1.82, 2.24) is 0 Å².